The Labute approximate surface area is 89.0 Å². The topological polar surface area (TPSA) is 77.3 Å². The van der Waals surface area contributed by atoms with Crippen LogP contribution in [0.25, 0.3) is 0 Å². The van der Waals surface area contributed by atoms with Gasteiger partial charge in [0.1, 0.15) is 6.67 Å². The first kappa shape index (κ1) is 11.9. The molecule has 0 spiro atoms. The highest BCUT2D eigenvalue weighted by Crippen LogP contribution is 2.25. The minimum absolute atomic E-state index is 0.191. The summed E-state index contributed by atoms with van der Waals surface area (Å²) in [6.07, 6.45) is 0. The van der Waals surface area contributed by atoms with Crippen molar-refractivity contribution in [2.24, 2.45) is 0 Å². The molecule has 0 aliphatic carbocycles. The highest BCUT2D eigenvalue weighted by molar-refractivity contribution is 8.13. The maximum Gasteiger partial charge on any atom is 0.276 e. The second kappa shape index (κ2) is 4.11. The van der Waals surface area contributed by atoms with Crippen LogP contribution in [-0.4, -0.2) is 13.3 Å². The minimum atomic E-state index is -4.04. The van der Waals surface area contributed by atoms with E-state index in [1.165, 1.54) is 0 Å². The summed E-state index contributed by atoms with van der Waals surface area (Å²) < 4.78 is 34.0. The SMILES string of the molecule is O=[N+]([O-])c1cc(S(=O)(=O)Cl)ccc1CF. The van der Waals surface area contributed by atoms with Crippen LogP contribution in [0.5, 0.6) is 0 Å². The normalized spacial score (nSPS) is 11.3. The van der Waals surface area contributed by atoms with E-state index in [2.05, 4.69) is 0 Å². The van der Waals surface area contributed by atoms with Crippen molar-refractivity contribution in [2.75, 3.05) is 0 Å². The summed E-state index contributed by atoms with van der Waals surface area (Å²) in [5.41, 5.74) is -0.789. The molecule has 5 nitrogen and oxygen atoms in total. The lowest BCUT2D eigenvalue weighted by atomic mass is 10.2. The summed E-state index contributed by atoms with van der Waals surface area (Å²) in [5.74, 6) is 0. The Morgan fingerprint density at radius 1 is 1.47 bits per heavy atom. The van der Waals surface area contributed by atoms with E-state index >= 15 is 0 Å². The molecular weight excluding hydrogens is 249 g/mol. The van der Waals surface area contributed by atoms with Crippen LogP contribution in [0.3, 0.4) is 0 Å². The Balaban J connectivity index is 3.42. The number of halogens is 2. The van der Waals surface area contributed by atoms with Crippen molar-refractivity contribution in [3.8, 4) is 0 Å². The number of nitro benzene ring substituents is 1. The van der Waals surface area contributed by atoms with E-state index in [1.54, 1.807) is 0 Å². The van der Waals surface area contributed by atoms with Crippen molar-refractivity contribution in [2.45, 2.75) is 11.6 Å². The molecule has 0 N–H and O–H groups in total. The Bertz CT molecular complexity index is 502. The first-order chi connectivity index (χ1) is 6.86. The van der Waals surface area contributed by atoms with Crippen LogP contribution in [0.1, 0.15) is 5.56 Å². The molecule has 0 aliphatic rings. The van der Waals surface area contributed by atoms with Gasteiger partial charge >= 0.3 is 0 Å². The lowest BCUT2D eigenvalue weighted by Crippen LogP contribution is -1.97. The van der Waals surface area contributed by atoms with Crippen molar-refractivity contribution >= 4 is 25.4 Å². The maximum absolute atomic E-state index is 12.3. The third kappa shape index (κ3) is 2.63. The highest BCUT2D eigenvalue weighted by Gasteiger charge is 2.19. The van der Waals surface area contributed by atoms with Crippen LogP contribution in [0.4, 0.5) is 10.1 Å². The van der Waals surface area contributed by atoms with Gasteiger partial charge in [-0.3, -0.25) is 10.1 Å². The summed E-state index contributed by atoms with van der Waals surface area (Å²) in [5, 5.41) is 10.5. The quantitative estimate of drug-likeness (QED) is 0.469. The van der Waals surface area contributed by atoms with Gasteiger partial charge in [-0.1, -0.05) is 0 Å². The fourth-order valence-electron chi connectivity index (χ4n) is 0.978. The van der Waals surface area contributed by atoms with Crippen molar-refractivity contribution in [3.63, 3.8) is 0 Å². The Morgan fingerprint density at radius 3 is 2.47 bits per heavy atom. The standard InChI is InChI=1S/C7H5ClFNO4S/c8-15(13,14)6-2-1-5(4-9)7(3-6)10(11)12/h1-3H,4H2. The average molecular weight is 254 g/mol. The summed E-state index contributed by atoms with van der Waals surface area (Å²) in [4.78, 5) is 9.18. The summed E-state index contributed by atoms with van der Waals surface area (Å²) in [7, 11) is 0.948. The molecule has 0 atom stereocenters. The largest absolute Gasteiger partial charge is 0.276 e. The van der Waals surface area contributed by atoms with Gasteiger partial charge in [-0.05, 0) is 12.1 Å². The summed E-state index contributed by atoms with van der Waals surface area (Å²) in [6, 6.07) is 2.77. The van der Waals surface area contributed by atoms with E-state index in [4.69, 9.17) is 10.7 Å². The lowest BCUT2D eigenvalue weighted by Gasteiger charge is -2.00. The second-order valence-electron chi connectivity index (χ2n) is 2.62. The molecule has 1 aromatic carbocycles. The molecule has 15 heavy (non-hydrogen) atoms. The van der Waals surface area contributed by atoms with Gasteiger partial charge in [-0.2, -0.15) is 0 Å². The molecule has 82 valence electrons. The Kier molecular flexibility index (Phi) is 3.25. The molecule has 8 heteroatoms. The molecule has 0 amide bonds. The van der Waals surface area contributed by atoms with E-state index in [9.17, 15) is 22.9 Å². The smallest absolute Gasteiger partial charge is 0.258 e. The van der Waals surface area contributed by atoms with Gasteiger partial charge in [-0.15, -0.1) is 0 Å². The number of benzene rings is 1. The van der Waals surface area contributed by atoms with Crippen LogP contribution < -0.4 is 0 Å². The molecule has 0 fully saturated rings. The number of alkyl halides is 1. The van der Waals surface area contributed by atoms with Gasteiger partial charge in [0.2, 0.25) is 0 Å². The van der Waals surface area contributed by atoms with Crippen LogP contribution in [0.2, 0.25) is 0 Å². The number of hydrogen-bond donors (Lipinski definition) is 0. The fraction of sp³-hybridized carbons (Fsp3) is 0.143. The van der Waals surface area contributed by atoms with Crippen LogP contribution >= 0.6 is 10.7 Å². The fourth-order valence-corrected chi connectivity index (χ4v) is 1.75. The van der Waals surface area contributed by atoms with E-state index in [1.807, 2.05) is 0 Å². The van der Waals surface area contributed by atoms with Crippen molar-refractivity contribution in [1.82, 2.24) is 0 Å². The van der Waals surface area contributed by atoms with E-state index in [-0.39, 0.29) is 5.56 Å². The zero-order chi connectivity index (χ0) is 11.6. The molecule has 0 heterocycles. The number of nitro groups is 1. The number of rotatable bonds is 3. The van der Waals surface area contributed by atoms with Crippen LogP contribution in [0.15, 0.2) is 23.1 Å². The van der Waals surface area contributed by atoms with Crippen molar-refractivity contribution < 1.29 is 17.7 Å². The summed E-state index contributed by atoms with van der Waals surface area (Å²) >= 11 is 0. The molecular formula is C7H5ClFNO4S. The predicted molar refractivity (Wildman–Crippen MR) is 50.9 cm³/mol. The molecule has 0 aliphatic heterocycles. The van der Waals surface area contributed by atoms with Crippen molar-refractivity contribution in [3.05, 3.63) is 33.9 Å². The van der Waals surface area contributed by atoms with Crippen LogP contribution in [-0.2, 0) is 15.7 Å². The monoisotopic (exact) mass is 253 g/mol. The second-order valence-corrected chi connectivity index (χ2v) is 5.19. The van der Waals surface area contributed by atoms with Crippen LogP contribution in [0, 0.1) is 10.1 Å². The maximum atomic E-state index is 12.3. The van der Waals surface area contributed by atoms with Crippen molar-refractivity contribution in [1.29, 1.82) is 0 Å². The average Bonchev–Trinajstić information content (AvgIpc) is 2.15. The zero-order valence-electron chi connectivity index (χ0n) is 7.18. The van der Waals surface area contributed by atoms with Gasteiger partial charge in [0.15, 0.2) is 0 Å². The molecule has 0 radical (unpaired) electrons. The molecule has 0 saturated carbocycles. The van der Waals surface area contributed by atoms with Gasteiger partial charge < -0.3 is 0 Å². The Morgan fingerprint density at radius 2 is 2.07 bits per heavy atom. The predicted octanol–water partition coefficient (Wildman–Crippen LogP) is 1.99. The molecule has 0 bridgehead atoms. The van der Waals surface area contributed by atoms with Gasteiger partial charge in [0, 0.05) is 16.7 Å². The van der Waals surface area contributed by atoms with E-state index < -0.39 is 31.2 Å². The number of nitrogens with zero attached hydrogens (tertiary/aromatic N) is 1. The highest BCUT2D eigenvalue weighted by atomic mass is 35.7. The third-order valence-electron chi connectivity index (χ3n) is 1.68. The number of hydrogen-bond acceptors (Lipinski definition) is 4. The zero-order valence-corrected chi connectivity index (χ0v) is 8.76. The van der Waals surface area contributed by atoms with Gasteiger partial charge in [-0.25, -0.2) is 12.8 Å². The molecule has 1 aromatic rings. The first-order valence-electron chi connectivity index (χ1n) is 3.64. The Hall–Kier alpha value is -1.21. The molecule has 0 unspecified atom stereocenters. The van der Waals surface area contributed by atoms with E-state index in [0.29, 0.717) is 0 Å². The third-order valence-corrected chi connectivity index (χ3v) is 3.03. The van der Waals surface area contributed by atoms with Gasteiger partial charge in [0.05, 0.1) is 15.4 Å². The molecule has 0 aromatic heterocycles. The molecule has 0 saturated heterocycles. The lowest BCUT2D eigenvalue weighted by molar-refractivity contribution is -0.385. The minimum Gasteiger partial charge on any atom is -0.258 e. The van der Waals surface area contributed by atoms with Gasteiger partial charge in [0.25, 0.3) is 14.7 Å². The first-order valence-corrected chi connectivity index (χ1v) is 5.95. The van der Waals surface area contributed by atoms with E-state index in [0.717, 1.165) is 18.2 Å². The summed E-state index contributed by atoms with van der Waals surface area (Å²) in [6.45, 7) is -1.04. The molecule has 1 rings (SSSR count).